The zero-order valence-electron chi connectivity index (χ0n) is 13.7. The second-order valence-corrected chi connectivity index (χ2v) is 5.44. The van der Waals surface area contributed by atoms with Crippen molar-refractivity contribution in [2.45, 2.75) is 20.3 Å². The number of aliphatic hydroxyl groups excluding tert-OH is 1. The van der Waals surface area contributed by atoms with E-state index < -0.39 is 0 Å². The Morgan fingerprint density at radius 1 is 1.21 bits per heavy atom. The molecule has 1 N–H and O–H groups in total. The maximum atomic E-state index is 8.96. The van der Waals surface area contributed by atoms with Gasteiger partial charge in [-0.25, -0.2) is 0 Å². The number of allylic oxidation sites excluding steroid dienone is 6. The van der Waals surface area contributed by atoms with Crippen molar-refractivity contribution in [3.05, 3.63) is 76.1 Å². The summed E-state index contributed by atoms with van der Waals surface area (Å²) in [6, 6.07) is 8.36. The first-order chi connectivity index (χ1) is 10.2. The van der Waals surface area contributed by atoms with Gasteiger partial charge in [0.25, 0.3) is 0 Å². The fourth-order valence-corrected chi connectivity index (χ4v) is 2.89. The average Bonchev–Trinajstić information content (AvgIpc) is 3.08. The number of hydrogen-bond donors (Lipinski definition) is 1. The summed E-state index contributed by atoms with van der Waals surface area (Å²) in [5.41, 5.74) is 7.22. The number of aliphatic hydroxyl groups is 1. The van der Waals surface area contributed by atoms with Crippen molar-refractivity contribution in [3.8, 4) is 0 Å². The standard InChI is InChI=1S/C19H19O2.2ClH.Zr/c1-13(2)19-15-7-4-3-6-14(15)12-17(19)16-8-5-9-18(16)21-11-10-20;;;/h3-7,9,20H,8,10-11H2,1-2H3;2*1H;/q-1;;;+3/p-2. The van der Waals surface area contributed by atoms with Crippen molar-refractivity contribution >= 4 is 5.57 Å². The SMILES string of the molecule is CC(C)=C1C(C2=C(OCCO)C=CC2)=[C-]c2ccccc21.[Cl-].[Cl-].[Zr+3]. The first-order valence-corrected chi connectivity index (χ1v) is 7.27. The Morgan fingerprint density at radius 3 is 2.58 bits per heavy atom. The van der Waals surface area contributed by atoms with E-state index in [-0.39, 0.29) is 57.6 Å². The molecule has 125 valence electrons. The largest absolute Gasteiger partial charge is 3.00 e. The van der Waals surface area contributed by atoms with Crippen LogP contribution in [0.5, 0.6) is 0 Å². The number of benzene rings is 1. The average molecular weight is 441 g/mol. The normalized spacial score (nSPS) is 14.3. The molecule has 0 unspecified atom stereocenters. The molecule has 0 aromatic heterocycles. The molecule has 0 saturated heterocycles. The van der Waals surface area contributed by atoms with Gasteiger partial charge in [0.05, 0.1) is 12.4 Å². The number of rotatable bonds is 4. The minimum Gasteiger partial charge on any atom is -1.00 e. The summed E-state index contributed by atoms with van der Waals surface area (Å²) in [6.45, 7) is 4.63. The van der Waals surface area contributed by atoms with Crippen molar-refractivity contribution in [2.24, 2.45) is 0 Å². The third-order valence-electron chi connectivity index (χ3n) is 3.75. The molecule has 24 heavy (non-hydrogen) atoms. The van der Waals surface area contributed by atoms with E-state index in [1.165, 1.54) is 16.7 Å². The minimum atomic E-state index is 0. The molecule has 1 radical (unpaired) electrons. The molecule has 0 heterocycles. The summed E-state index contributed by atoms with van der Waals surface area (Å²) in [4.78, 5) is 0. The van der Waals surface area contributed by atoms with E-state index >= 15 is 0 Å². The van der Waals surface area contributed by atoms with Crippen LogP contribution < -0.4 is 24.8 Å². The zero-order chi connectivity index (χ0) is 14.8. The van der Waals surface area contributed by atoms with Crippen molar-refractivity contribution in [2.75, 3.05) is 13.2 Å². The van der Waals surface area contributed by atoms with E-state index in [1.807, 2.05) is 12.1 Å². The first kappa shape index (κ1) is 23.4. The van der Waals surface area contributed by atoms with Gasteiger partial charge in [0, 0.05) is 0 Å². The molecule has 0 atom stereocenters. The van der Waals surface area contributed by atoms with Gasteiger partial charge in [0.2, 0.25) is 0 Å². The van der Waals surface area contributed by atoms with Crippen molar-refractivity contribution in [1.82, 2.24) is 0 Å². The van der Waals surface area contributed by atoms with Gasteiger partial charge in [0.1, 0.15) is 6.61 Å². The second-order valence-electron chi connectivity index (χ2n) is 5.44. The number of fused-ring (bicyclic) bond motifs is 1. The smallest absolute Gasteiger partial charge is 1.00 e. The molecule has 0 spiro atoms. The summed E-state index contributed by atoms with van der Waals surface area (Å²) in [6.07, 6.45) is 8.48. The van der Waals surface area contributed by atoms with Gasteiger partial charge in [0.15, 0.2) is 0 Å². The van der Waals surface area contributed by atoms with E-state index in [0.717, 1.165) is 28.9 Å². The molecule has 0 amide bonds. The Hall–Kier alpha value is -0.597. The second kappa shape index (κ2) is 10.4. The fourth-order valence-electron chi connectivity index (χ4n) is 2.89. The molecule has 5 heteroatoms. The predicted molar refractivity (Wildman–Crippen MR) is 84.4 cm³/mol. The van der Waals surface area contributed by atoms with Gasteiger partial charge in [-0.05, 0) is 12.5 Å². The zero-order valence-corrected chi connectivity index (χ0v) is 17.7. The monoisotopic (exact) mass is 439 g/mol. The predicted octanol–water partition coefficient (Wildman–Crippen LogP) is -2.20. The summed E-state index contributed by atoms with van der Waals surface area (Å²) < 4.78 is 5.66. The first-order valence-electron chi connectivity index (χ1n) is 7.27. The fraction of sp³-hybridized carbons (Fsp3) is 0.263. The molecular weight excluding hydrogens is 422 g/mol. The molecule has 1 aromatic carbocycles. The molecular formula is C19H19Cl2O2Zr. The molecule has 0 saturated carbocycles. The Bertz CT molecular complexity index is 699. The summed E-state index contributed by atoms with van der Waals surface area (Å²) in [7, 11) is 0. The van der Waals surface area contributed by atoms with Crippen LogP contribution in [0.4, 0.5) is 0 Å². The number of ether oxygens (including phenoxy) is 1. The van der Waals surface area contributed by atoms with Crippen LogP contribution in [0.15, 0.2) is 58.9 Å². The van der Waals surface area contributed by atoms with Crippen LogP contribution in [0.25, 0.3) is 5.57 Å². The summed E-state index contributed by atoms with van der Waals surface area (Å²) in [5, 5.41) is 8.96. The van der Waals surface area contributed by atoms with E-state index in [0.29, 0.717) is 6.61 Å². The number of hydrogen-bond acceptors (Lipinski definition) is 2. The molecule has 0 fully saturated rings. The van der Waals surface area contributed by atoms with Gasteiger partial charge >= 0.3 is 26.2 Å². The molecule has 0 bridgehead atoms. The van der Waals surface area contributed by atoms with Gasteiger partial charge in [-0.3, -0.25) is 0 Å². The topological polar surface area (TPSA) is 29.5 Å². The Balaban J connectivity index is 0.00000176. The Labute approximate surface area is 175 Å². The van der Waals surface area contributed by atoms with Crippen molar-refractivity contribution in [3.63, 3.8) is 0 Å². The van der Waals surface area contributed by atoms with Crippen LogP contribution >= 0.6 is 0 Å². The number of halogens is 2. The van der Waals surface area contributed by atoms with Crippen LogP contribution in [0.1, 0.15) is 31.4 Å². The van der Waals surface area contributed by atoms with Crippen LogP contribution in [0.3, 0.4) is 0 Å². The third kappa shape index (κ3) is 4.52. The molecule has 2 nitrogen and oxygen atoms in total. The minimum absolute atomic E-state index is 0. The van der Waals surface area contributed by atoms with Crippen molar-refractivity contribution < 1.29 is 60.9 Å². The van der Waals surface area contributed by atoms with E-state index in [2.05, 4.69) is 44.2 Å². The Kier molecular flexibility index (Phi) is 10.1. The van der Waals surface area contributed by atoms with Crippen LogP contribution in [0, 0.1) is 6.08 Å². The van der Waals surface area contributed by atoms with E-state index in [4.69, 9.17) is 9.84 Å². The van der Waals surface area contributed by atoms with Gasteiger partial charge in [-0.1, -0.05) is 43.7 Å². The van der Waals surface area contributed by atoms with Crippen LogP contribution in [-0.2, 0) is 30.9 Å². The van der Waals surface area contributed by atoms with Crippen molar-refractivity contribution in [1.29, 1.82) is 0 Å². The van der Waals surface area contributed by atoms with Gasteiger partial charge in [-0.15, -0.1) is 40.0 Å². The molecule has 1 aromatic rings. The summed E-state index contributed by atoms with van der Waals surface area (Å²) >= 11 is 0. The molecule has 3 rings (SSSR count). The van der Waals surface area contributed by atoms with Crippen LogP contribution in [-0.4, -0.2) is 18.3 Å². The maximum Gasteiger partial charge on any atom is 3.00 e. The quantitative estimate of drug-likeness (QED) is 0.538. The van der Waals surface area contributed by atoms with Crippen LogP contribution in [0.2, 0.25) is 0 Å². The molecule has 2 aliphatic carbocycles. The van der Waals surface area contributed by atoms with Gasteiger partial charge in [-0.2, -0.15) is 0 Å². The molecule has 2 aliphatic rings. The van der Waals surface area contributed by atoms with E-state index in [1.54, 1.807) is 0 Å². The maximum absolute atomic E-state index is 8.96. The Morgan fingerprint density at radius 2 is 1.92 bits per heavy atom. The summed E-state index contributed by atoms with van der Waals surface area (Å²) in [5.74, 6) is 0.859. The van der Waals surface area contributed by atoms with E-state index in [9.17, 15) is 0 Å². The van der Waals surface area contributed by atoms with Gasteiger partial charge < -0.3 is 34.7 Å². The molecule has 0 aliphatic heterocycles. The third-order valence-corrected chi connectivity index (χ3v) is 3.75.